The molecule has 0 unspecified atom stereocenters. The number of rotatable bonds is 1. The first-order chi connectivity index (χ1) is 9.47. The lowest BCUT2D eigenvalue weighted by Gasteiger charge is -2.19. The topological polar surface area (TPSA) is 0 Å². The molecule has 0 N–H and O–H groups in total. The van der Waals surface area contributed by atoms with E-state index < -0.39 is 0 Å². The third-order valence-electron chi connectivity index (χ3n) is 3.92. The Bertz CT molecular complexity index is 801. The predicted molar refractivity (Wildman–Crippen MR) is 90.2 cm³/mol. The van der Waals surface area contributed by atoms with E-state index in [1.165, 1.54) is 32.7 Å². The van der Waals surface area contributed by atoms with Crippen molar-refractivity contribution in [3.8, 4) is 0 Å². The van der Waals surface area contributed by atoms with E-state index in [1.54, 1.807) is 0 Å². The van der Waals surface area contributed by atoms with E-state index >= 15 is 0 Å². The Morgan fingerprint density at radius 2 is 1.35 bits per heavy atom. The molecule has 0 radical (unpaired) electrons. The number of fused-ring (bicyclic) bond motifs is 2. The van der Waals surface area contributed by atoms with Gasteiger partial charge >= 0.3 is 0 Å². The van der Waals surface area contributed by atoms with Gasteiger partial charge in [0, 0.05) is 0 Å². The maximum atomic E-state index is 3.85. The van der Waals surface area contributed by atoms with Crippen molar-refractivity contribution in [2.45, 2.75) is 26.2 Å². The van der Waals surface area contributed by atoms with Gasteiger partial charge in [-0.25, -0.2) is 0 Å². The molecule has 0 fully saturated rings. The molecule has 3 rings (SSSR count). The van der Waals surface area contributed by atoms with Crippen LogP contribution in [-0.4, -0.2) is 0 Å². The van der Waals surface area contributed by atoms with Crippen molar-refractivity contribution < 1.29 is 0 Å². The molecule has 0 heterocycles. The third-order valence-corrected chi connectivity index (χ3v) is 3.92. The largest absolute Gasteiger partial charge is 0.0985 e. The van der Waals surface area contributed by atoms with Crippen LogP contribution in [-0.2, 0) is 5.41 Å². The number of benzene rings is 3. The lowest BCUT2D eigenvalue weighted by Crippen LogP contribution is -2.10. The minimum atomic E-state index is 0.187. The normalized spacial score (nSPS) is 11.9. The Morgan fingerprint density at radius 1 is 0.750 bits per heavy atom. The lowest BCUT2D eigenvalue weighted by atomic mass is 9.85. The molecule has 100 valence electrons. The summed E-state index contributed by atoms with van der Waals surface area (Å²) in [6.45, 7) is 10.6. The first-order valence-corrected chi connectivity index (χ1v) is 7.08. The van der Waals surface area contributed by atoms with E-state index in [1.807, 2.05) is 6.08 Å². The van der Waals surface area contributed by atoms with Crippen molar-refractivity contribution in [3.05, 3.63) is 66.2 Å². The first kappa shape index (κ1) is 12.9. The van der Waals surface area contributed by atoms with Crippen molar-refractivity contribution in [1.29, 1.82) is 0 Å². The van der Waals surface area contributed by atoms with E-state index in [0.29, 0.717) is 0 Å². The van der Waals surface area contributed by atoms with Gasteiger partial charge in [-0.05, 0) is 56.3 Å². The summed E-state index contributed by atoms with van der Waals surface area (Å²) in [6, 6.07) is 17.8. The summed E-state index contributed by atoms with van der Waals surface area (Å²) < 4.78 is 0. The molecule has 20 heavy (non-hydrogen) atoms. The van der Waals surface area contributed by atoms with E-state index in [-0.39, 0.29) is 5.41 Å². The van der Waals surface area contributed by atoms with Crippen LogP contribution >= 0.6 is 0 Å². The molecule has 0 heteroatoms. The molecule has 0 spiro atoms. The predicted octanol–water partition coefficient (Wildman–Crippen LogP) is 5.93. The van der Waals surface area contributed by atoms with Gasteiger partial charge in [-0.15, -0.1) is 0 Å². The molecule has 0 aliphatic heterocycles. The summed E-state index contributed by atoms with van der Waals surface area (Å²) in [5.74, 6) is 0. The molecule has 3 aromatic carbocycles. The monoisotopic (exact) mass is 260 g/mol. The first-order valence-electron chi connectivity index (χ1n) is 7.08. The molecule has 0 aliphatic rings. The van der Waals surface area contributed by atoms with Crippen molar-refractivity contribution in [3.63, 3.8) is 0 Å². The van der Waals surface area contributed by atoms with Gasteiger partial charge in [0.25, 0.3) is 0 Å². The summed E-state index contributed by atoms with van der Waals surface area (Å²) in [4.78, 5) is 0. The zero-order chi connectivity index (χ0) is 14.3. The Hall–Kier alpha value is -2.08. The van der Waals surface area contributed by atoms with E-state index in [0.717, 1.165) is 0 Å². The molecule has 0 atom stereocenters. The van der Waals surface area contributed by atoms with E-state index in [2.05, 4.69) is 75.9 Å². The average molecular weight is 260 g/mol. The fourth-order valence-electron chi connectivity index (χ4n) is 2.61. The second kappa shape index (κ2) is 4.49. The molecule has 3 aromatic rings. The maximum Gasteiger partial charge on any atom is -0.0132 e. The highest BCUT2D eigenvalue weighted by Gasteiger charge is 2.13. The van der Waals surface area contributed by atoms with Gasteiger partial charge < -0.3 is 0 Å². The second-order valence-electron chi connectivity index (χ2n) is 6.47. The van der Waals surface area contributed by atoms with Gasteiger partial charge in [0.05, 0.1) is 0 Å². The highest BCUT2D eigenvalue weighted by molar-refractivity contribution is 5.99. The SMILES string of the molecule is C=Cc1ccc2cc3ccc(C(C)(C)C)cc3cc2c1. The van der Waals surface area contributed by atoms with E-state index in [4.69, 9.17) is 0 Å². The fraction of sp³-hybridized carbons (Fsp3) is 0.200. The molecular formula is C20H20. The van der Waals surface area contributed by atoms with Crippen LogP contribution in [0, 0.1) is 0 Å². The highest BCUT2D eigenvalue weighted by atomic mass is 14.2. The van der Waals surface area contributed by atoms with Crippen LogP contribution in [0.3, 0.4) is 0 Å². The molecular weight excluding hydrogens is 240 g/mol. The Morgan fingerprint density at radius 3 is 2.00 bits per heavy atom. The zero-order valence-electron chi connectivity index (χ0n) is 12.4. The lowest BCUT2D eigenvalue weighted by molar-refractivity contribution is 0.591. The van der Waals surface area contributed by atoms with Gasteiger partial charge in [0.1, 0.15) is 0 Å². The minimum Gasteiger partial charge on any atom is -0.0985 e. The van der Waals surface area contributed by atoms with Crippen LogP contribution in [0.25, 0.3) is 27.6 Å². The van der Waals surface area contributed by atoms with Gasteiger partial charge in [-0.2, -0.15) is 0 Å². The van der Waals surface area contributed by atoms with Crippen LogP contribution in [0.1, 0.15) is 31.9 Å². The molecule has 0 amide bonds. The molecule has 0 saturated carbocycles. The zero-order valence-corrected chi connectivity index (χ0v) is 12.4. The number of hydrogen-bond donors (Lipinski definition) is 0. The van der Waals surface area contributed by atoms with Gasteiger partial charge in [0.2, 0.25) is 0 Å². The Kier molecular flexibility index (Phi) is 2.90. The fourth-order valence-corrected chi connectivity index (χ4v) is 2.61. The Balaban J connectivity index is 2.28. The van der Waals surface area contributed by atoms with Gasteiger partial charge in [0.15, 0.2) is 0 Å². The van der Waals surface area contributed by atoms with Crippen LogP contribution in [0.2, 0.25) is 0 Å². The van der Waals surface area contributed by atoms with Crippen LogP contribution in [0.5, 0.6) is 0 Å². The van der Waals surface area contributed by atoms with E-state index in [9.17, 15) is 0 Å². The highest BCUT2D eigenvalue weighted by Crippen LogP contribution is 2.29. The summed E-state index contributed by atoms with van der Waals surface area (Å²) >= 11 is 0. The molecule has 0 aromatic heterocycles. The average Bonchev–Trinajstić information content (AvgIpc) is 2.42. The molecule has 0 nitrogen and oxygen atoms in total. The second-order valence-corrected chi connectivity index (χ2v) is 6.47. The van der Waals surface area contributed by atoms with Crippen LogP contribution in [0.4, 0.5) is 0 Å². The molecule has 0 aliphatic carbocycles. The summed E-state index contributed by atoms with van der Waals surface area (Å²) in [7, 11) is 0. The Labute approximate surface area is 120 Å². The van der Waals surface area contributed by atoms with Crippen molar-refractivity contribution >= 4 is 27.6 Å². The summed E-state index contributed by atoms with van der Waals surface area (Å²) in [5, 5.41) is 5.18. The maximum absolute atomic E-state index is 3.85. The smallest absolute Gasteiger partial charge is 0.0132 e. The van der Waals surface area contributed by atoms with Crippen LogP contribution < -0.4 is 0 Å². The van der Waals surface area contributed by atoms with Gasteiger partial charge in [-0.1, -0.05) is 63.8 Å². The minimum absolute atomic E-state index is 0.187. The molecule has 0 saturated heterocycles. The summed E-state index contributed by atoms with van der Waals surface area (Å²) in [6.07, 6.45) is 1.90. The van der Waals surface area contributed by atoms with Crippen LogP contribution in [0.15, 0.2) is 55.1 Å². The standard InChI is InChI=1S/C20H20/c1-5-14-6-7-15-11-16-8-9-19(20(2,3)4)13-18(16)12-17(15)10-14/h5-13H,1H2,2-4H3. The van der Waals surface area contributed by atoms with Crippen molar-refractivity contribution in [2.75, 3.05) is 0 Å². The van der Waals surface area contributed by atoms with Crippen molar-refractivity contribution in [2.24, 2.45) is 0 Å². The van der Waals surface area contributed by atoms with Gasteiger partial charge in [-0.3, -0.25) is 0 Å². The third kappa shape index (κ3) is 2.22. The molecule has 0 bridgehead atoms. The van der Waals surface area contributed by atoms with Crippen molar-refractivity contribution in [1.82, 2.24) is 0 Å². The quantitative estimate of drug-likeness (QED) is 0.475. The summed E-state index contributed by atoms with van der Waals surface area (Å²) in [5.41, 5.74) is 2.74. The number of hydrogen-bond acceptors (Lipinski definition) is 0.